The number of hydrogen-bond donors (Lipinski definition) is 1. The van der Waals surface area contributed by atoms with E-state index in [4.69, 9.17) is 0 Å². The highest BCUT2D eigenvalue weighted by molar-refractivity contribution is 5.31. The largest absolute Gasteiger partial charge is 0.416 e. The van der Waals surface area contributed by atoms with Crippen LogP contribution >= 0.6 is 0 Å². The lowest BCUT2D eigenvalue weighted by atomic mass is 10.1. The van der Waals surface area contributed by atoms with Crippen LogP contribution in [-0.2, 0) is 12.7 Å². The molecule has 0 aliphatic rings. The molecule has 6 heteroatoms. The maximum absolute atomic E-state index is 12.4. The van der Waals surface area contributed by atoms with Gasteiger partial charge in [0, 0.05) is 17.9 Å². The molecule has 1 heterocycles. The fraction of sp³-hybridized carbons (Fsp3) is 0.286. The summed E-state index contributed by atoms with van der Waals surface area (Å²) < 4.78 is 37.3. The summed E-state index contributed by atoms with van der Waals surface area (Å²) in [6, 6.07) is 6.87. The molecule has 0 aliphatic heterocycles. The fourth-order valence-corrected chi connectivity index (χ4v) is 1.80. The van der Waals surface area contributed by atoms with Crippen LogP contribution in [0.5, 0.6) is 0 Å². The molecule has 3 nitrogen and oxygen atoms in total. The van der Waals surface area contributed by atoms with Crippen molar-refractivity contribution >= 4 is 5.95 Å². The summed E-state index contributed by atoms with van der Waals surface area (Å²) in [7, 11) is 0. The summed E-state index contributed by atoms with van der Waals surface area (Å²) >= 11 is 0. The summed E-state index contributed by atoms with van der Waals surface area (Å²) in [5.41, 5.74) is 1.77. The minimum atomic E-state index is -4.30. The van der Waals surface area contributed by atoms with E-state index in [1.807, 2.05) is 19.9 Å². The van der Waals surface area contributed by atoms with Crippen LogP contribution in [-0.4, -0.2) is 9.97 Å². The molecular formula is C14H14F3N3. The summed E-state index contributed by atoms with van der Waals surface area (Å²) in [6.45, 7) is 4.09. The van der Waals surface area contributed by atoms with Crippen molar-refractivity contribution < 1.29 is 13.2 Å². The van der Waals surface area contributed by atoms with E-state index in [0.29, 0.717) is 12.5 Å². The van der Waals surface area contributed by atoms with Gasteiger partial charge in [-0.25, -0.2) is 9.97 Å². The smallest absolute Gasteiger partial charge is 0.350 e. The maximum atomic E-state index is 12.4. The number of nitrogens with zero attached hydrogens (tertiary/aromatic N) is 2. The zero-order valence-electron chi connectivity index (χ0n) is 11.1. The van der Waals surface area contributed by atoms with Gasteiger partial charge in [0.2, 0.25) is 5.95 Å². The first kappa shape index (κ1) is 14.3. The molecule has 20 heavy (non-hydrogen) atoms. The number of hydrogen-bond acceptors (Lipinski definition) is 3. The van der Waals surface area contributed by atoms with E-state index in [1.54, 1.807) is 0 Å². The number of aryl methyl sites for hydroxylation is 2. The normalized spacial score (nSPS) is 11.4. The Balaban J connectivity index is 2.04. The van der Waals surface area contributed by atoms with Crippen molar-refractivity contribution in [3.05, 3.63) is 52.8 Å². The van der Waals surface area contributed by atoms with Gasteiger partial charge in [-0.05, 0) is 37.6 Å². The van der Waals surface area contributed by atoms with Crippen molar-refractivity contribution in [3.8, 4) is 0 Å². The van der Waals surface area contributed by atoms with Crippen molar-refractivity contribution in [1.82, 2.24) is 9.97 Å². The molecule has 0 amide bonds. The van der Waals surface area contributed by atoms with E-state index in [9.17, 15) is 13.2 Å². The first-order chi connectivity index (χ1) is 9.34. The summed E-state index contributed by atoms with van der Waals surface area (Å²) in [6.07, 6.45) is -4.30. The SMILES string of the molecule is Cc1cc(C)nc(NCc2ccc(C(F)(F)F)cc2)n1. The van der Waals surface area contributed by atoms with Crippen LogP contribution in [0.3, 0.4) is 0 Å². The maximum Gasteiger partial charge on any atom is 0.416 e. The highest BCUT2D eigenvalue weighted by Crippen LogP contribution is 2.29. The molecule has 0 fully saturated rings. The van der Waals surface area contributed by atoms with Gasteiger partial charge in [0.15, 0.2) is 0 Å². The lowest BCUT2D eigenvalue weighted by Crippen LogP contribution is -2.07. The van der Waals surface area contributed by atoms with Gasteiger partial charge in [-0.2, -0.15) is 13.2 Å². The molecule has 2 rings (SSSR count). The molecular weight excluding hydrogens is 267 g/mol. The Morgan fingerprint density at radius 3 is 2.05 bits per heavy atom. The number of halogens is 3. The quantitative estimate of drug-likeness (QED) is 0.931. The van der Waals surface area contributed by atoms with E-state index in [-0.39, 0.29) is 0 Å². The predicted octanol–water partition coefficient (Wildman–Crippen LogP) is 3.72. The highest BCUT2D eigenvalue weighted by Gasteiger charge is 2.29. The second-order valence-electron chi connectivity index (χ2n) is 4.52. The molecule has 0 saturated carbocycles. The van der Waals surface area contributed by atoms with E-state index in [0.717, 1.165) is 29.1 Å². The zero-order valence-corrected chi connectivity index (χ0v) is 11.1. The van der Waals surface area contributed by atoms with Gasteiger partial charge in [0.25, 0.3) is 0 Å². The average molecular weight is 281 g/mol. The van der Waals surface area contributed by atoms with Crippen LogP contribution in [0.25, 0.3) is 0 Å². The van der Waals surface area contributed by atoms with E-state index >= 15 is 0 Å². The molecule has 0 unspecified atom stereocenters. The number of aromatic nitrogens is 2. The second kappa shape index (κ2) is 5.48. The lowest BCUT2D eigenvalue weighted by Gasteiger charge is -2.09. The van der Waals surface area contributed by atoms with Crippen LogP contribution in [0.4, 0.5) is 19.1 Å². The Morgan fingerprint density at radius 2 is 1.55 bits per heavy atom. The number of benzene rings is 1. The van der Waals surface area contributed by atoms with Crippen molar-refractivity contribution in [2.45, 2.75) is 26.6 Å². The van der Waals surface area contributed by atoms with Crippen LogP contribution in [0.1, 0.15) is 22.5 Å². The lowest BCUT2D eigenvalue weighted by molar-refractivity contribution is -0.137. The Bertz CT molecular complexity index is 571. The first-order valence-electron chi connectivity index (χ1n) is 6.07. The van der Waals surface area contributed by atoms with Gasteiger partial charge < -0.3 is 5.32 Å². The molecule has 1 N–H and O–H groups in total. The third-order valence-corrected chi connectivity index (χ3v) is 2.71. The topological polar surface area (TPSA) is 37.8 Å². The third kappa shape index (κ3) is 3.69. The van der Waals surface area contributed by atoms with E-state index < -0.39 is 11.7 Å². The zero-order chi connectivity index (χ0) is 14.8. The number of alkyl halides is 3. The molecule has 0 aliphatic carbocycles. The molecule has 106 valence electrons. The first-order valence-corrected chi connectivity index (χ1v) is 6.07. The third-order valence-electron chi connectivity index (χ3n) is 2.71. The van der Waals surface area contributed by atoms with Gasteiger partial charge in [0.05, 0.1) is 5.56 Å². The van der Waals surface area contributed by atoms with Crippen LogP contribution in [0.2, 0.25) is 0 Å². The minimum absolute atomic E-state index is 0.376. The Morgan fingerprint density at radius 1 is 1.00 bits per heavy atom. The molecule has 0 bridgehead atoms. The summed E-state index contributed by atoms with van der Waals surface area (Å²) in [5, 5.41) is 3.00. The second-order valence-corrected chi connectivity index (χ2v) is 4.52. The standard InChI is InChI=1S/C14H14F3N3/c1-9-7-10(2)20-13(19-9)18-8-11-3-5-12(6-4-11)14(15,16)17/h3-7H,8H2,1-2H3,(H,18,19,20). The van der Waals surface area contributed by atoms with Crippen molar-refractivity contribution in [3.63, 3.8) is 0 Å². The van der Waals surface area contributed by atoms with Crippen molar-refractivity contribution in [1.29, 1.82) is 0 Å². The van der Waals surface area contributed by atoms with Crippen LogP contribution in [0, 0.1) is 13.8 Å². The van der Waals surface area contributed by atoms with Crippen molar-refractivity contribution in [2.24, 2.45) is 0 Å². The Kier molecular flexibility index (Phi) is 3.92. The van der Waals surface area contributed by atoms with Gasteiger partial charge >= 0.3 is 6.18 Å². The predicted molar refractivity (Wildman–Crippen MR) is 70.3 cm³/mol. The van der Waals surface area contributed by atoms with Gasteiger partial charge in [-0.15, -0.1) is 0 Å². The van der Waals surface area contributed by atoms with Crippen molar-refractivity contribution in [2.75, 3.05) is 5.32 Å². The number of anilines is 1. The molecule has 0 atom stereocenters. The molecule has 0 spiro atoms. The number of rotatable bonds is 3. The molecule has 1 aromatic carbocycles. The highest BCUT2D eigenvalue weighted by atomic mass is 19.4. The minimum Gasteiger partial charge on any atom is -0.350 e. The van der Waals surface area contributed by atoms with Gasteiger partial charge in [-0.3, -0.25) is 0 Å². The van der Waals surface area contributed by atoms with E-state index in [2.05, 4.69) is 15.3 Å². The summed E-state index contributed by atoms with van der Waals surface area (Å²) in [4.78, 5) is 8.41. The average Bonchev–Trinajstić information content (AvgIpc) is 2.35. The molecule has 1 aromatic heterocycles. The van der Waals surface area contributed by atoms with Gasteiger partial charge in [-0.1, -0.05) is 12.1 Å². The molecule has 2 aromatic rings. The van der Waals surface area contributed by atoms with E-state index in [1.165, 1.54) is 12.1 Å². The Hall–Kier alpha value is -2.11. The summed E-state index contributed by atoms with van der Waals surface area (Å²) in [5.74, 6) is 0.474. The number of nitrogens with one attached hydrogen (secondary N) is 1. The van der Waals surface area contributed by atoms with Crippen LogP contribution in [0.15, 0.2) is 30.3 Å². The fourth-order valence-electron chi connectivity index (χ4n) is 1.80. The molecule has 0 saturated heterocycles. The monoisotopic (exact) mass is 281 g/mol. The molecule has 0 radical (unpaired) electrons. The Labute approximate surface area is 114 Å². The van der Waals surface area contributed by atoms with Gasteiger partial charge in [0.1, 0.15) is 0 Å². The van der Waals surface area contributed by atoms with Crippen LogP contribution < -0.4 is 5.32 Å².